The zero-order valence-electron chi connectivity index (χ0n) is 10.6. The summed E-state index contributed by atoms with van der Waals surface area (Å²) in [5.74, 6) is -1.99. The fourth-order valence-corrected chi connectivity index (χ4v) is 2.44. The number of nitrogens with one attached hydrogen (secondary N) is 1. The molecule has 0 heterocycles. The van der Waals surface area contributed by atoms with E-state index < -0.39 is 11.8 Å². The van der Waals surface area contributed by atoms with Gasteiger partial charge in [0.05, 0.1) is 11.7 Å². The molecular weight excluding hydrogens is 249 g/mol. The number of aliphatic hydroxyl groups excluding tert-OH is 1. The van der Waals surface area contributed by atoms with Crippen molar-refractivity contribution in [2.75, 3.05) is 0 Å². The average molecular weight is 267 g/mol. The van der Waals surface area contributed by atoms with Crippen molar-refractivity contribution in [3.05, 3.63) is 35.1 Å². The molecule has 104 valence electrons. The normalized spacial score (nSPS) is 23.3. The highest BCUT2D eigenvalue weighted by Crippen LogP contribution is 2.19. The molecule has 4 nitrogen and oxygen atoms in total. The van der Waals surface area contributed by atoms with Crippen LogP contribution in [0.2, 0.25) is 0 Å². The Balaban J connectivity index is 1.96. The Labute approximate surface area is 111 Å². The Morgan fingerprint density at radius 3 is 2.74 bits per heavy atom. The highest BCUT2D eigenvalue weighted by molar-refractivity contribution is 5.87. The van der Waals surface area contributed by atoms with E-state index in [9.17, 15) is 14.3 Å². The van der Waals surface area contributed by atoms with Crippen LogP contribution in [0.15, 0.2) is 18.2 Å². The molecule has 0 aromatic heterocycles. The van der Waals surface area contributed by atoms with Crippen LogP contribution >= 0.6 is 0 Å². The minimum atomic E-state index is -1.26. The van der Waals surface area contributed by atoms with Gasteiger partial charge in [-0.3, -0.25) is 0 Å². The molecule has 2 unspecified atom stereocenters. The molecule has 2 atom stereocenters. The van der Waals surface area contributed by atoms with Crippen LogP contribution in [0, 0.1) is 5.82 Å². The predicted octanol–water partition coefficient (Wildman–Crippen LogP) is 1.92. The van der Waals surface area contributed by atoms with Gasteiger partial charge in [0.25, 0.3) is 0 Å². The van der Waals surface area contributed by atoms with Crippen molar-refractivity contribution in [2.24, 2.45) is 0 Å². The molecule has 0 bridgehead atoms. The lowest BCUT2D eigenvalue weighted by atomic mass is 9.92. The van der Waals surface area contributed by atoms with Crippen molar-refractivity contribution < 1.29 is 19.4 Å². The highest BCUT2D eigenvalue weighted by atomic mass is 19.1. The summed E-state index contributed by atoms with van der Waals surface area (Å²) in [6.07, 6.45) is 3.49. The second kappa shape index (κ2) is 6.12. The third kappa shape index (κ3) is 3.52. The Kier molecular flexibility index (Phi) is 4.50. The summed E-state index contributed by atoms with van der Waals surface area (Å²) in [7, 11) is 0. The molecule has 0 saturated heterocycles. The van der Waals surface area contributed by atoms with E-state index in [0.29, 0.717) is 12.1 Å². The number of carboxylic acid groups (broad SMARTS) is 1. The van der Waals surface area contributed by atoms with Gasteiger partial charge in [-0.15, -0.1) is 0 Å². The summed E-state index contributed by atoms with van der Waals surface area (Å²) in [5.41, 5.74) is 0.363. The monoisotopic (exact) mass is 267 g/mol. The molecular formula is C14H18FNO3. The van der Waals surface area contributed by atoms with Crippen LogP contribution < -0.4 is 5.32 Å². The number of hydrogen-bond acceptors (Lipinski definition) is 3. The lowest BCUT2D eigenvalue weighted by Gasteiger charge is -2.28. The molecule has 1 aliphatic rings. The van der Waals surface area contributed by atoms with Crippen LogP contribution in [-0.4, -0.2) is 28.3 Å². The lowest BCUT2D eigenvalue weighted by Crippen LogP contribution is -2.41. The molecule has 0 spiro atoms. The first-order valence-corrected chi connectivity index (χ1v) is 6.51. The van der Waals surface area contributed by atoms with E-state index in [1.54, 1.807) is 6.07 Å². The second-order valence-electron chi connectivity index (χ2n) is 4.96. The van der Waals surface area contributed by atoms with E-state index >= 15 is 0 Å². The van der Waals surface area contributed by atoms with Gasteiger partial charge in [0.15, 0.2) is 0 Å². The summed E-state index contributed by atoms with van der Waals surface area (Å²) in [6.45, 7) is 0.429. The number of benzene rings is 1. The largest absolute Gasteiger partial charge is 0.478 e. The molecule has 1 aliphatic carbocycles. The fourth-order valence-electron chi connectivity index (χ4n) is 2.44. The first-order valence-electron chi connectivity index (χ1n) is 6.51. The van der Waals surface area contributed by atoms with Crippen molar-refractivity contribution in [3.63, 3.8) is 0 Å². The number of halogens is 1. The van der Waals surface area contributed by atoms with E-state index in [1.807, 2.05) is 0 Å². The zero-order valence-corrected chi connectivity index (χ0v) is 10.6. The molecule has 1 aromatic carbocycles. The average Bonchev–Trinajstić information content (AvgIpc) is 2.37. The van der Waals surface area contributed by atoms with Crippen LogP contribution in [0.25, 0.3) is 0 Å². The summed E-state index contributed by atoms with van der Waals surface area (Å²) < 4.78 is 13.5. The van der Waals surface area contributed by atoms with Crippen molar-refractivity contribution >= 4 is 5.97 Å². The van der Waals surface area contributed by atoms with Crippen LogP contribution in [0.4, 0.5) is 4.39 Å². The van der Waals surface area contributed by atoms with E-state index in [0.717, 1.165) is 25.7 Å². The van der Waals surface area contributed by atoms with Crippen LogP contribution in [0.3, 0.4) is 0 Å². The van der Waals surface area contributed by atoms with E-state index in [-0.39, 0.29) is 17.7 Å². The minimum Gasteiger partial charge on any atom is -0.478 e. The maximum absolute atomic E-state index is 13.5. The van der Waals surface area contributed by atoms with Crippen LogP contribution in [-0.2, 0) is 6.54 Å². The molecule has 1 fully saturated rings. The van der Waals surface area contributed by atoms with Crippen molar-refractivity contribution in [2.45, 2.75) is 44.4 Å². The smallest absolute Gasteiger partial charge is 0.338 e. The van der Waals surface area contributed by atoms with Crippen molar-refractivity contribution in [1.29, 1.82) is 0 Å². The Hall–Kier alpha value is -1.46. The number of carboxylic acids is 1. The van der Waals surface area contributed by atoms with E-state index in [1.165, 1.54) is 12.1 Å². The van der Waals surface area contributed by atoms with E-state index in [2.05, 4.69) is 5.32 Å². The molecule has 19 heavy (non-hydrogen) atoms. The number of carbonyl (C=O) groups is 1. The SMILES string of the molecule is O=C(O)c1ccc(CNC2CCCCC2O)cc1F. The van der Waals surface area contributed by atoms with Crippen LogP contribution in [0.5, 0.6) is 0 Å². The number of aromatic carboxylic acids is 1. The number of aliphatic hydroxyl groups is 1. The van der Waals surface area contributed by atoms with Crippen molar-refractivity contribution in [1.82, 2.24) is 5.32 Å². The quantitative estimate of drug-likeness (QED) is 0.779. The topological polar surface area (TPSA) is 69.6 Å². The Bertz CT molecular complexity index is 464. The first kappa shape index (κ1) is 14.0. The Morgan fingerprint density at radius 2 is 2.11 bits per heavy atom. The molecule has 0 amide bonds. The summed E-state index contributed by atoms with van der Waals surface area (Å²) in [6, 6.07) is 4.13. The van der Waals surface area contributed by atoms with Crippen molar-refractivity contribution in [3.8, 4) is 0 Å². The summed E-state index contributed by atoms with van der Waals surface area (Å²) in [5, 5.41) is 21.7. The third-order valence-corrected chi connectivity index (χ3v) is 3.56. The van der Waals surface area contributed by atoms with Gasteiger partial charge in [-0.2, -0.15) is 0 Å². The predicted molar refractivity (Wildman–Crippen MR) is 68.5 cm³/mol. The standard InChI is InChI=1S/C14H18FNO3/c15-11-7-9(5-6-10(11)14(18)19)8-16-12-3-1-2-4-13(12)17/h5-7,12-13,16-17H,1-4,8H2,(H,18,19). The van der Waals surface area contributed by atoms with Gasteiger partial charge < -0.3 is 15.5 Å². The second-order valence-corrected chi connectivity index (χ2v) is 4.96. The zero-order chi connectivity index (χ0) is 13.8. The van der Waals surface area contributed by atoms with Gasteiger partial charge in [-0.1, -0.05) is 18.9 Å². The van der Waals surface area contributed by atoms with Gasteiger partial charge in [0.2, 0.25) is 0 Å². The summed E-state index contributed by atoms with van der Waals surface area (Å²) >= 11 is 0. The van der Waals surface area contributed by atoms with Crippen LogP contribution in [0.1, 0.15) is 41.6 Å². The van der Waals surface area contributed by atoms with Gasteiger partial charge in [-0.25, -0.2) is 9.18 Å². The summed E-state index contributed by atoms with van der Waals surface area (Å²) in [4.78, 5) is 10.7. The van der Waals surface area contributed by atoms with Gasteiger partial charge in [-0.05, 0) is 30.5 Å². The molecule has 5 heteroatoms. The molecule has 3 N–H and O–H groups in total. The number of rotatable bonds is 4. The number of hydrogen-bond donors (Lipinski definition) is 3. The van der Waals surface area contributed by atoms with Gasteiger partial charge >= 0.3 is 5.97 Å². The minimum absolute atomic E-state index is 0.0379. The molecule has 2 rings (SSSR count). The third-order valence-electron chi connectivity index (χ3n) is 3.56. The molecule has 0 aliphatic heterocycles. The van der Waals surface area contributed by atoms with E-state index in [4.69, 9.17) is 5.11 Å². The fraction of sp³-hybridized carbons (Fsp3) is 0.500. The Morgan fingerprint density at radius 1 is 1.37 bits per heavy atom. The van der Waals surface area contributed by atoms with Gasteiger partial charge in [0.1, 0.15) is 5.82 Å². The highest BCUT2D eigenvalue weighted by Gasteiger charge is 2.22. The molecule has 1 aromatic rings. The molecule has 0 radical (unpaired) electrons. The maximum Gasteiger partial charge on any atom is 0.338 e. The lowest BCUT2D eigenvalue weighted by molar-refractivity contribution is 0.0692. The first-order chi connectivity index (χ1) is 9.08. The molecule has 1 saturated carbocycles. The van der Waals surface area contributed by atoms with Gasteiger partial charge in [0, 0.05) is 12.6 Å². The maximum atomic E-state index is 13.5.